The van der Waals surface area contributed by atoms with Crippen molar-refractivity contribution in [2.24, 2.45) is 0 Å². The Bertz CT molecular complexity index is 873. The Morgan fingerprint density at radius 1 is 1.14 bits per heavy atom. The van der Waals surface area contributed by atoms with Crippen LogP contribution in [0.4, 0.5) is 0 Å². The summed E-state index contributed by atoms with van der Waals surface area (Å²) >= 11 is 3.68. The quantitative estimate of drug-likeness (QED) is 0.587. The minimum atomic E-state index is 0.223. The van der Waals surface area contributed by atoms with Gasteiger partial charge in [0.25, 0.3) is 0 Å². The van der Waals surface area contributed by atoms with Gasteiger partial charge in [-0.25, -0.2) is 0 Å². The minimum absolute atomic E-state index is 0.223. The molecule has 0 spiro atoms. The van der Waals surface area contributed by atoms with Gasteiger partial charge in [-0.2, -0.15) is 0 Å². The summed E-state index contributed by atoms with van der Waals surface area (Å²) in [7, 11) is 2.03. The summed E-state index contributed by atoms with van der Waals surface area (Å²) in [5.41, 5.74) is 1.31. The van der Waals surface area contributed by atoms with Crippen LogP contribution in [-0.4, -0.2) is 12.0 Å². The topological polar surface area (TPSA) is 24.9 Å². The minimum Gasteiger partial charge on any atom is -0.309 e. The summed E-state index contributed by atoms with van der Waals surface area (Å²) < 4.78 is 2.74. The molecule has 1 unspecified atom stereocenters. The molecule has 3 heterocycles. The second-order valence-electron chi connectivity index (χ2n) is 4.96. The summed E-state index contributed by atoms with van der Waals surface area (Å²) in [6.45, 7) is 0. The maximum Gasteiger partial charge on any atom is 0.0675 e. The number of hydrogen-bond donors (Lipinski definition) is 1. The zero-order valence-electron chi connectivity index (χ0n) is 11.5. The predicted molar refractivity (Wildman–Crippen MR) is 92.3 cm³/mol. The van der Waals surface area contributed by atoms with Crippen LogP contribution in [0.3, 0.4) is 0 Å². The van der Waals surface area contributed by atoms with Gasteiger partial charge in [0.2, 0.25) is 0 Å². The molecule has 0 aliphatic carbocycles. The highest BCUT2D eigenvalue weighted by Gasteiger charge is 2.17. The van der Waals surface area contributed by atoms with E-state index in [0.29, 0.717) is 0 Å². The number of fused-ring (bicyclic) bond motifs is 2. The molecule has 4 heteroatoms. The molecule has 0 amide bonds. The molecule has 104 valence electrons. The molecule has 0 aliphatic heterocycles. The van der Waals surface area contributed by atoms with Crippen LogP contribution in [0.1, 0.15) is 16.5 Å². The number of rotatable bonds is 3. The number of thiophene rings is 2. The lowest BCUT2D eigenvalue weighted by molar-refractivity contribution is 0.709. The molecule has 3 aromatic heterocycles. The SMILES string of the molecule is CNC(c1cc2sccc2s1)c1cccc2cnccc12. The number of benzene rings is 1. The van der Waals surface area contributed by atoms with Crippen molar-refractivity contribution in [2.75, 3.05) is 7.05 Å². The lowest BCUT2D eigenvalue weighted by Crippen LogP contribution is -2.16. The van der Waals surface area contributed by atoms with E-state index >= 15 is 0 Å². The van der Waals surface area contributed by atoms with Crippen LogP contribution < -0.4 is 5.32 Å². The second kappa shape index (κ2) is 5.22. The molecule has 0 bridgehead atoms. The average Bonchev–Trinajstić information content (AvgIpc) is 3.10. The highest BCUT2D eigenvalue weighted by molar-refractivity contribution is 7.27. The van der Waals surface area contributed by atoms with Crippen molar-refractivity contribution in [2.45, 2.75) is 6.04 Å². The van der Waals surface area contributed by atoms with Crippen molar-refractivity contribution in [1.29, 1.82) is 0 Å². The molecule has 1 aromatic carbocycles. The Labute approximate surface area is 131 Å². The van der Waals surface area contributed by atoms with Gasteiger partial charge in [-0.05, 0) is 41.6 Å². The van der Waals surface area contributed by atoms with Crippen molar-refractivity contribution in [3.05, 3.63) is 64.6 Å². The van der Waals surface area contributed by atoms with E-state index in [1.54, 1.807) is 0 Å². The Morgan fingerprint density at radius 3 is 2.95 bits per heavy atom. The van der Waals surface area contributed by atoms with Crippen LogP contribution in [0.2, 0.25) is 0 Å². The Hall–Kier alpha value is -1.75. The molecular formula is C17H14N2S2. The van der Waals surface area contributed by atoms with Gasteiger partial charge in [-0.15, -0.1) is 22.7 Å². The van der Waals surface area contributed by atoms with E-state index in [2.05, 4.69) is 52.1 Å². The van der Waals surface area contributed by atoms with Gasteiger partial charge in [-0.1, -0.05) is 18.2 Å². The van der Waals surface area contributed by atoms with Crippen molar-refractivity contribution in [3.8, 4) is 0 Å². The first-order chi connectivity index (χ1) is 10.4. The van der Waals surface area contributed by atoms with Crippen LogP contribution in [0, 0.1) is 0 Å². The molecular weight excluding hydrogens is 296 g/mol. The highest BCUT2D eigenvalue weighted by atomic mass is 32.1. The number of nitrogens with one attached hydrogen (secondary N) is 1. The van der Waals surface area contributed by atoms with Crippen LogP contribution in [0.5, 0.6) is 0 Å². The van der Waals surface area contributed by atoms with E-state index in [0.717, 1.165) is 0 Å². The van der Waals surface area contributed by atoms with E-state index in [1.165, 1.54) is 30.6 Å². The van der Waals surface area contributed by atoms with Crippen molar-refractivity contribution in [3.63, 3.8) is 0 Å². The van der Waals surface area contributed by atoms with Crippen LogP contribution >= 0.6 is 22.7 Å². The normalized spacial score (nSPS) is 13.0. The van der Waals surface area contributed by atoms with Gasteiger partial charge in [0.05, 0.1) is 6.04 Å². The summed E-state index contributed by atoms with van der Waals surface area (Å²) in [6, 6.07) is 13.3. The summed E-state index contributed by atoms with van der Waals surface area (Å²) in [5, 5.41) is 8.08. The molecule has 1 N–H and O–H groups in total. The second-order valence-corrected chi connectivity index (χ2v) is 7.03. The molecule has 21 heavy (non-hydrogen) atoms. The lowest BCUT2D eigenvalue weighted by Gasteiger charge is -2.17. The zero-order valence-corrected chi connectivity index (χ0v) is 13.2. The van der Waals surface area contributed by atoms with E-state index in [4.69, 9.17) is 0 Å². The van der Waals surface area contributed by atoms with E-state index in [1.807, 2.05) is 42.1 Å². The molecule has 0 saturated carbocycles. The third-order valence-electron chi connectivity index (χ3n) is 3.76. The molecule has 4 aromatic rings. The highest BCUT2D eigenvalue weighted by Crippen LogP contribution is 2.37. The van der Waals surface area contributed by atoms with Gasteiger partial charge in [0, 0.05) is 32.1 Å². The third-order valence-corrected chi connectivity index (χ3v) is 5.92. The molecule has 1 atom stereocenters. The first kappa shape index (κ1) is 13.0. The zero-order chi connectivity index (χ0) is 14.2. The largest absolute Gasteiger partial charge is 0.309 e. The van der Waals surface area contributed by atoms with E-state index in [-0.39, 0.29) is 6.04 Å². The van der Waals surface area contributed by atoms with Gasteiger partial charge < -0.3 is 5.32 Å². The van der Waals surface area contributed by atoms with Gasteiger partial charge >= 0.3 is 0 Å². The third kappa shape index (κ3) is 2.16. The monoisotopic (exact) mass is 310 g/mol. The predicted octanol–water partition coefficient (Wildman–Crippen LogP) is 4.82. The summed E-state index contributed by atoms with van der Waals surface area (Å²) in [6.07, 6.45) is 3.80. The van der Waals surface area contributed by atoms with Crippen LogP contribution in [-0.2, 0) is 0 Å². The van der Waals surface area contributed by atoms with Gasteiger partial charge in [0.1, 0.15) is 0 Å². The molecule has 0 radical (unpaired) electrons. The Kier molecular flexibility index (Phi) is 3.22. The van der Waals surface area contributed by atoms with E-state index < -0.39 is 0 Å². The maximum absolute atomic E-state index is 4.22. The van der Waals surface area contributed by atoms with Gasteiger partial charge in [0.15, 0.2) is 0 Å². The number of nitrogens with zero attached hydrogens (tertiary/aromatic N) is 1. The Morgan fingerprint density at radius 2 is 2.10 bits per heavy atom. The molecule has 4 rings (SSSR count). The van der Waals surface area contributed by atoms with E-state index in [9.17, 15) is 0 Å². The first-order valence-corrected chi connectivity index (χ1v) is 8.53. The van der Waals surface area contributed by atoms with Crippen LogP contribution in [0.15, 0.2) is 54.2 Å². The lowest BCUT2D eigenvalue weighted by atomic mass is 9.99. The number of aromatic nitrogens is 1. The fourth-order valence-corrected chi connectivity index (χ4v) is 5.03. The summed E-state index contributed by atoms with van der Waals surface area (Å²) in [4.78, 5) is 5.59. The molecule has 0 aliphatic rings. The van der Waals surface area contributed by atoms with Gasteiger partial charge in [-0.3, -0.25) is 4.98 Å². The number of pyridine rings is 1. The average molecular weight is 310 g/mol. The van der Waals surface area contributed by atoms with Crippen LogP contribution in [0.25, 0.3) is 20.2 Å². The fraction of sp³-hybridized carbons (Fsp3) is 0.118. The fourth-order valence-electron chi connectivity index (χ4n) is 2.78. The summed E-state index contributed by atoms with van der Waals surface area (Å²) in [5.74, 6) is 0. The maximum atomic E-state index is 4.22. The molecule has 2 nitrogen and oxygen atoms in total. The Balaban J connectivity index is 1.90. The standard InChI is InChI=1S/C17H14N2S2/c1-18-17(16-9-15-14(21-16)6-8-20-15)13-4-2-3-11-10-19-7-5-12(11)13/h2-10,17-18H,1H3. The first-order valence-electron chi connectivity index (χ1n) is 6.83. The van der Waals surface area contributed by atoms with Crippen molar-refractivity contribution >= 4 is 42.8 Å². The molecule has 0 fully saturated rings. The number of hydrogen-bond acceptors (Lipinski definition) is 4. The van der Waals surface area contributed by atoms with Crippen molar-refractivity contribution < 1.29 is 0 Å². The molecule has 0 saturated heterocycles. The smallest absolute Gasteiger partial charge is 0.0675 e. The van der Waals surface area contributed by atoms with Crippen molar-refractivity contribution in [1.82, 2.24) is 10.3 Å².